The van der Waals surface area contributed by atoms with E-state index in [2.05, 4.69) is 20.9 Å². The summed E-state index contributed by atoms with van der Waals surface area (Å²) in [6.45, 7) is 1.65. The van der Waals surface area contributed by atoms with Gasteiger partial charge >= 0.3 is 5.97 Å². The molecule has 3 rings (SSSR count). The average Bonchev–Trinajstić information content (AvgIpc) is 2.99. The van der Waals surface area contributed by atoms with Crippen LogP contribution in [0.15, 0.2) is 38.7 Å². The molecule has 1 aromatic carbocycles. The zero-order valence-electron chi connectivity index (χ0n) is 14.3. The maximum atomic E-state index is 12.6. The van der Waals surface area contributed by atoms with Crippen molar-refractivity contribution < 1.29 is 14.3 Å². The van der Waals surface area contributed by atoms with Crippen molar-refractivity contribution in [2.45, 2.75) is 12.1 Å². The zero-order valence-corrected chi connectivity index (χ0v) is 17.5. The molecule has 10 heteroatoms. The Morgan fingerprint density at radius 3 is 2.63 bits per heavy atom. The van der Waals surface area contributed by atoms with Crippen LogP contribution in [0.25, 0.3) is 10.2 Å². The van der Waals surface area contributed by atoms with Crippen LogP contribution in [0.3, 0.4) is 0 Å². The molecule has 0 saturated heterocycles. The molecule has 0 saturated carbocycles. The molecule has 2 N–H and O–H groups in total. The quantitative estimate of drug-likeness (QED) is 0.202. The van der Waals surface area contributed by atoms with Gasteiger partial charge in [-0.25, -0.2) is 14.5 Å². The summed E-state index contributed by atoms with van der Waals surface area (Å²) in [5.74, 6) is 5.31. The molecule has 0 aliphatic heterocycles. The van der Waals surface area contributed by atoms with Gasteiger partial charge in [-0.3, -0.25) is 9.59 Å². The van der Waals surface area contributed by atoms with Crippen molar-refractivity contribution in [3.05, 3.63) is 55.1 Å². The topological polar surface area (TPSA) is 104 Å². The Kier molecular flexibility index (Phi) is 5.68. The van der Waals surface area contributed by atoms with Gasteiger partial charge in [0.05, 0.1) is 18.2 Å². The highest BCUT2D eigenvalue weighted by Crippen LogP contribution is 2.29. The Morgan fingerprint density at radius 2 is 2.00 bits per heavy atom. The van der Waals surface area contributed by atoms with Gasteiger partial charge in [0, 0.05) is 10.0 Å². The van der Waals surface area contributed by atoms with Crippen LogP contribution in [-0.2, 0) is 4.74 Å². The van der Waals surface area contributed by atoms with Crippen LogP contribution in [0.4, 0.5) is 0 Å². The third kappa shape index (κ3) is 3.78. The van der Waals surface area contributed by atoms with Crippen LogP contribution in [-0.4, -0.2) is 34.3 Å². The van der Waals surface area contributed by atoms with E-state index in [-0.39, 0.29) is 22.1 Å². The van der Waals surface area contributed by atoms with E-state index in [0.717, 1.165) is 32.2 Å². The molecule has 0 atom stereocenters. The molecular formula is C17H14BrN3O4S2. The van der Waals surface area contributed by atoms with Crippen LogP contribution < -0.4 is 11.4 Å². The van der Waals surface area contributed by atoms with Crippen molar-refractivity contribution in [2.24, 2.45) is 0 Å². The highest BCUT2D eigenvalue weighted by Gasteiger charge is 2.22. The van der Waals surface area contributed by atoms with E-state index >= 15 is 0 Å². The fraction of sp³-hybridized carbons (Fsp3) is 0.176. The number of ketones is 1. The second-order valence-corrected chi connectivity index (χ2v) is 8.37. The molecule has 0 radical (unpaired) electrons. The standard InChI is InChI=1S/C17H14BrN3O4S2/c1-8-12-14(27-13(8)16(24)25-2)20-17(21(19)15(12)23)26-7-11(22)9-3-5-10(18)6-4-9/h3-6H,7,19H2,1-2H3. The summed E-state index contributed by atoms with van der Waals surface area (Å²) in [4.78, 5) is 41.8. The smallest absolute Gasteiger partial charge is 0.348 e. The predicted molar refractivity (Wildman–Crippen MR) is 109 cm³/mol. The van der Waals surface area contributed by atoms with Gasteiger partial charge < -0.3 is 10.6 Å². The van der Waals surface area contributed by atoms with E-state index in [0.29, 0.717) is 20.8 Å². The number of rotatable bonds is 5. The maximum absolute atomic E-state index is 12.6. The number of nitrogen functional groups attached to an aromatic ring is 1. The molecule has 7 nitrogen and oxygen atoms in total. The van der Waals surface area contributed by atoms with Crippen LogP contribution in [0.5, 0.6) is 0 Å². The number of aromatic nitrogens is 2. The summed E-state index contributed by atoms with van der Waals surface area (Å²) in [7, 11) is 1.27. The molecule has 0 amide bonds. The zero-order chi connectivity index (χ0) is 19.7. The molecule has 0 aliphatic carbocycles. The van der Waals surface area contributed by atoms with Gasteiger partial charge in [-0.2, -0.15) is 0 Å². The second kappa shape index (κ2) is 7.83. The number of halogens is 1. The fourth-order valence-corrected chi connectivity index (χ4v) is 4.63. The lowest BCUT2D eigenvalue weighted by atomic mass is 10.2. The Bertz CT molecular complexity index is 1110. The number of benzene rings is 1. The lowest BCUT2D eigenvalue weighted by molar-refractivity contribution is 0.0605. The number of Topliss-reactive ketones (excluding diaryl/α,β-unsaturated/α-hetero) is 1. The van der Waals surface area contributed by atoms with Crippen LogP contribution in [0, 0.1) is 6.92 Å². The van der Waals surface area contributed by atoms with Gasteiger partial charge in [-0.15, -0.1) is 11.3 Å². The average molecular weight is 468 g/mol. The number of thiophene rings is 1. The Balaban J connectivity index is 1.92. The minimum atomic E-state index is -0.530. The molecule has 0 bridgehead atoms. The van der Waals surface area contributed by atoms with Crippen molar-refractivity contribution in [3.8, 4) is 0 Å². The largest absolute Gasteiger partial charge is 0.465 e. The minimum Gasteiger partial charge on any atom is -0.465 e. The number of nitrogens with zero attached hydrogens (tertiary/aromatic N) is 2. The van der Waals surface area contributed by atoms with Crippen molar-refractivity contribution in [3.63, 3.8) is 0 Å². The third-order valence-electron chi connectivity index (χ3n) is 3.83. The third-order valence-corrected chi connectivity index (χ3v) is 6.48. The van der Waals surface area contributed by atoms with Crippen LogP contribution in [0.2, 0.25) is 0 Å². The van der Waals surface area contributed by atoms with E-state index in [1.54, 1.807) is 31.2 Å². The monoisotopic (exact) mass is 467 g/mol. The lowest BCUT2D eigenvalue weighted by Crippen LogP contribution is -2.30. The molecule has 0 aliphatic rings. The first-order valence-corrected chi connectivity index (χ1v) is 10.2. The van der Waals surface area contributed by atoms with E-state index < -0.39 is 11.5 Å². The van der Waals surface area contributed by atoms with Gasteiger partial charge in [0.25, 0.3) is 5.56 Å². The number of ether oxygens (including phenoxy) is 1. The normalized spacial score (nSPS) is 10.9. The number of carbonyl (C=O) groups is 2. The number of nitrogens with two attached hydrogens (primary N) is 1. The highest BCUT2D eigenvalue weighted by molar-refractivity contribution is 9.10. The van der Waals surface area contributed by atoms with Crippen molar-refractivity contribution in [1.29, 1.82) is 0 Å². The van der Waals surface area contributed by atoms with Gasteiger partial charge in [0.1, 0.15) is 9.71 Å². The van der Waals surface area contributed by atoms with Gasteiger partial charge in [-0.05, 0) is 24.6 Å². The lowest BCUT2D eigenvalue weighted by Gasteiger charge is -2.06. The number of hydrogen-bond acceptors (Lipinski definition) is 8. The van der Waals surface area contributed by atoms with Crippen molar-refractivity contribution in [1.82, 2.24) is 9.66 Å². The minimum absolute atomic E-state index is 0.0744. The molecule has 3 aromatic rings. The summed E-state index contributed by atoms with van der Waals surface area (Å²) < 4.78 is 6.52. The van der Waals surface area contributed by atoms with Gasteiger partial charge in [0.2, 0.25) is 0 Å². The number of thioether (sulfide) groups is 1. The Morgan fingerprint density at radius 1 is 1.33 bits per heavy atom. The first-order chi connectivity index (χ1) is 12.8. The number of fused-ring (bicyclic) bond motifs is 1. The highest BCUT2D eigenvalue weighted by atomic mass is 79.9. The first kappa shape index (κ1) is 19.6. The molecule has 2 aromatic heterocycles. The van der Waals surface area contributed by atoms with Crippen LogP contribution in [0.1, 0.15) is 25.6 Å². The van der Waals surface area contributed by atoms with Crippen molar-refractivity contribution in [2.75, 3.05) is 18.7 Å². The van der Waals surface area contributed by atoms with E-state index in [1.165, 1.54) is 7.11 Å². The predicted octanol–water partition coefficient (Wildman–Crippen LogP) is 3.00. The number of hydrogen-bond donors (Lipinski definition) is 1. The summed E-state index contributed by atoms with van der Waals surface area (Å²) in [5.41, 5.74) is 0.571. The first-order valence-electron chi connectivity index (χ1n) is 7.64. The van der Waals surface area contributed by atoms with Gasteiger partial charge in [0.15, 0.2) is 10.9 Å². The van der Waals surface area contributed by atoms with Crippen LogP contribution >= 0.6 is 39.0 Å². The molecule has 0 fully saturated rings. The number of aryl methyl sites for hydroxylation is 1. The summed E-state index contributed by atoms with van der Waals surface area (Å²) >= 11 is 5.46. The fourth-order valence-electron chi connectivity index (χ4n) is 2.42. The molecule has 0 spiro atoms. The maximum Gasteiger partial charge on any atom is 0.348 e. The number of esters is 1. The molecule has 0 unspecified atom stereocenters. The number of carbonyl (C=O) groups excluding carboxylic acids is 2. The van der Waals surface area contributed by atoms with E-state index in [1.807, 2.05) is 0 Å². The molecule has 2 heterocycles. The SMILES string of the molecule is COC(=O)c1sc2nc(SCC(=O)c3ccc(Br)cc3)n(N)c(=O)c2c1C. The molecular weight excluding hydrogens is 454 g/mol. The molecule has 27 heavy (non-hydrogen) atoms. The van der Waals surface area contributed by atoms with E-state index in [4.69, 9.17) is 10.6 Å². The Labute approximate surface area is 170 Å². The second-order valence-electron chi connectivity index (χ2n) is 5.52. The Hall–Kier alpha value is -2.17. The number of methoxy groups -OCH3 is 1. The summed E-state index contributed by atoms with van der Waals surface area (Å²) in [5, 5.41) is 0.488. The summed E-state index contributed by atoms with van der Waals surface area (Å²) in [6.07, 6.45) is 0. The van der Waals surface area contributed by atoms with Crippen molar-refractivity contribution >= 4 is 61.0 Å². The van der Waals surface area contributed by atoms with Gasteiger partial charge in [-0.1, -0.05) is 39.8 Å². The summed E-state index contributed by atoms with van der Waals surface area (Å²) in [6, 6.07) is 6.99. The molecule has 140 valence electrons. The van der Waals surface area contributed by atoms with E-state index in [9.17, 15) is 14.4 Å².